The summed E-state index contributed by atoms with van der Waals surface area (Å²) in [7, 11) is 0. The van der Waals surface area contributed by atoms with Crippen molar-refractivity contribution in [3.63, 3.8) is 0 Å². The molecule has 0 saturated heterocycles. The first-order chi connectivity index (χ1) is 9.95. The maximum atomic E-state index is 11.1. The van der Waals surface area contributed by atoms with Crippen LogP contribution in [0.5, 0.6) is 0 Å². The van der Waals surface area contributed by atoms with Gasteiger partial charge in [-0.05, 0) is 13.3 Å². The lowest BCUT2D eigenvalue weighted by Gasteiger charge is -2.10. The molecule has 0 saturated carbocycles. The lowest BCUT2D eigenvalue weighted by molar-refractivity contribution is -0.385. The van der Waals surface area contributed by atoms with Gasteiger partial charge in [0.1, 0.15) is 5.69 Å². The Morgan fingerprint density at radius 2 is 1.95 bits per heavy atom. The van der Waals surface area contributed by atoms with Crippen LogP contribution < -0.4 is 16.0 Å². The fourth-order valence-electron chi connectivity index (χ4n) is 1.64. The van der Waals surface area contributed by atoms with Crippen LogP contribution in [0.3, 0.4) is 0 Å². The molecule has 1 aromatic heterocycles. The molecule has 0 atom stereocenters. The number of nitro groups is 1. The van der Waals surface area contributed by atoms with Gasteiger partial charge in [-0.15, -0.1) is 0 Å². The Labute approximate surface area is 122 Å². The van der Waals surface area contributed by atoms with Crippen molar-refractivity contribution in [2.24, 2.45) is 0 Å². The molecule has 1 amide bonds. The molecule has 21 heavy (non-hydrogen) atoms. The van der Waals surface area contributed by atoms with Crippen LogP contribution in [0.1, 0.15) is 26.0 Å². The maximum absolute atomic E-state index is 11.1. The zero-order chi connectivity index (χ0) is 15.8. The number of nitrogens with zero attached hydrogens (tertiary/aromatic N) is 3. The summed E-state index contributed by atoms with van der Waals surface area (Å²) in [5, 5.41) is 19.6. The van der Waals surface area contributed by atoms with Crippen molar-refractivity contribution in [1.29, 1.82) is 0 Å². The number of hydrogen-bond acceptors (Lipinski definition) is 7. The third-order valence-corrected chi connectivity index (χ3v) is 2.57. The molecular formula is C12H20N6O3. The number of carbonyl (C=O) groups excluding carboxylic acids is 1. The van der Waals surface area contributed by atoms with E-state index in [2.05, 4.69) is 25.9 Å². The summed E-state index contributed by atoms with van der Waals surface area (Å²) in [6.07, 6.45) is 0.894. The number of nitrogens with one attached hydrogen (secondary N) is 3. The second kappa shape index (κ2) is 7.98. The SMILES string of the molecule is CCCNc1nc(C)c([N+](=O)[O-])c(NCCNC(C)=O)n1. The molecule has 0 spiro atoms. The largest absolute Gasteiger partial charge is 0.362 e. The van der Waals surface area contributed by atoms with Crippen molar-refractivity contribution >= 4 is 23.4 Å². The number of aromatic nitrogens is 2. The Balaban J connectivity index is 2.88. The van der Waals surface area contributed by atoms with Crippen molar-refractivity contribution in [3.05, 3.63) is 15.8 Å². The molecule has 1 aromatic rings. The first-order valence-corrected chi connectivity index (χ1v) is 6.71. The second-order valence-corrected chi connectivity index (χ2v) is 4.42. The zero-order valence-electron chi connectivity index (χ0n) is 12.4. The van der Waals surface area contributed by atoms with Crippen LogP contribution in [0.15, 0.2) is 0 Å². The Kier molecular flexibility index (Phi) is 6.31. The van der Waals surface area contributed by atoms with Crippen LogP contribution in [0.25, 0.3) is 0 Å². The Morgan fingerprint density at radius 3 is 2.52 bits per heavy atom. The minimum absolute atomic E-state index is 0.149. The van der Waals surface area contributed by atoms with Crippen molar-refractivity contribution < 1.29 is 9.72 Å². The van der Waals surface area contributed by atoms with Crippen molar-refractivity contribution in [1.82, 2.24) is 15.3 Å². The van der Waals surface area contributed by atoms with Crippen molar-refractivity contribution in [2.75, 3.05) is 30.3 Å². The highest BCUT2D eigenvalue weighted by Gasteiger charge is 2.21. The molecule has 0 aliphatic heterocycles. The van der Waals surface area contributed by atoms with Gasteiger partial charge in [0, 0.05) is 26.6 Å². The molecule has 9 nitrogen and oxygen atoms in total. The molecule has 1 heterocycles. The number of anilines is 2. The summed E-state index contributed by atoms with van der Waals surface area (Å²) in [6, 6.07) is 0. The number of carbonyl (C=O) groups is 1. The van der Waals surface area contributed by atoms with Crippen molar-refractivity contribution in [3.8, 4) is 0 Å². The highest BCUT2D eigenvalue weighted by molar-refractivity contribution is 5.72. The van der Waals surface area contributed by atoms with E-state index in [9.17, 15) is 14.9 Å². The molecule has 0 aromatic carbocycles. The lowest BCUT2D eigenvalue weighted by Crippen LogP contribution is -2.26. The molecule has 0 radical (unpaired) electrons. The highest BCUT2D eigenvalue weighted by Crippen LogP contribution is 2.26. The maximum Gasteiger partial charge on any atom is 0.332 e. The molecule has 0 aliphatic rings. The van der Waals surface area contributed by atoms with Gasteiger partial charge in [-0.1, -0.05) is 6.92 Å². The average Bonchev–Trinajstić information content (AvgIpc) is 2.40. The molecular weight excluding hydrogens is 276 g/mol. The first-order valence-electron chi connectivity index (χ1n) is 6.71. The van der Waals surface area contributed by atoms with E-state index in [0.717, 1.165) is 6.42 Å². The Morgan fingerprint density at radius 1 is 1.24 bits per heavy atom. The van der Waals surface area contributed by atoms with E-state index in [-0.39, 0.29) is 23.1 Å². The third kappa shape index (κ3) is 5.21. The van der Waals surface area contributed by atoms with Gasteiger partial charge in [-0.2, -0.15) is 4.98 Å². The summed E-state index contributed by atoms with van der Waals surface area (Å²) >= 11 is 0. The Bertz CT molecular complexity index is 520. The van der Waals surface area contributed by atoms with E-state index >= 15 is 0 Å². The number of aryl methyl sites for hydroxylation is 1. The fraction of sp³-hybridized carbons (Fsp3) is 0.583. The number of hydrogen-bond donors (Lipinski definition) is 3. The molecule has 0 unspecified atom stereocenters. The van der Waals surface area contributed by atoms with Gasteiger partial charge in [0.2, 0.25) is 17.7 Å². The summed E-state index contributed by atoms with van der Waals surface area (Å²) in [5.41, 5.74) is 0.135. The predicted molar refractivity (Wildman–Crippen MR) is 79.4 cm³/mol. The summed E-state index contributed by atoms with van der Waals surface area (Å²) in [5.74, 6) is 0.342. The monoisotopic (exact) mass is 296 g/mol. The molecule has 9 heteroatoms. The van der Waals surface area contributed by atoms with Crippen LogP contribution in [0, 0.1) is 17.0 Å². The Hall–Kier alpha value is -2.45. The van der Waals surface area contributed by atoms with Gasteiger partial charge in [0.15, 0.2) is 0 Å². The van der Waals surface area contributed by atoms with Crippen molar-refractivity contribution in [2.45, 2.75) is 27.2 Å². The fourth-order valence-corrected chi connectivity index (χ4v) is 1.64. The van der Waals surface area contributed by atoms with E-state index in [0.29, 0.717) is 25.6 Å². The molecule has 3 N–H and O–H groups in total. The summed E-state index contributed by atoms with van der Waals surface area (Å²) in [6.45, 7) is 6.35. The van der Waals surface area contributed by atoms with Gasteiger partial charge < -0.3 is 16.0 Å². The third-order valence-electron chi connectivity index (χ3n) is 2.57. The van der Waals surface area contributed by atoms with Gasteiger partial charge in [0.25, 0.3) is 0 Å². The lowest BCUT2D eigenvalue weighted by atomic mass is 10.3. The standard InChI is InChI=1S/C12H20N6O3/c1-4-5-15-12-16-8(2)10(18(20)21)11(17-12)14-7-6-13-9(3)19/h4-7H2,1-3H3,(H,13,19)(H2,14,15,16,17). The van der Waals surface area contributed by atoms with E-state index in [1.165, 1.54) is 6.92 Å². The van der Waals surface area contributed by atoms with Gasteiger partial charge in [0.05, 0.1) is 4.92 Å². The van der Waals surface area contributed by atoms with Crippen LogP contribution in [0.2, 0.25) is 0 Å². The van der Waals surface area contributed by atoms with E-state index in [1.807, 2.05) is 6.92 Å². The molecule has 116 valence electrons. The normalized spacial score (nSPS) is 10.0. The molecule has 1 rings (SSSR count). The molecule has 0 fully saturated rings. The second-order valence-electron chi connectivity index (χ2n) is 4.42. The molecule has 0 aliphatic carbocycles. The quantitative estimate of drug-likeness (QED) is 0.372. The van der Waals surface area contributed by atoms with Crippen LogP contribution in [0.4, 0.5) is 17.5 Å². The van der Waals surface area contributed by atoms with Gasteiger partial charge >= 0.3 is 5.69 Å². The number of amides is 1. The van der Waals surface area contributed by atoms with Crippen LogP contribution in [-0.4, -0.2) is 40.4 Å². The van der Waals surface area contributed by atoms with Gasteiger partial charge in [-0.25, -0.2) is 4.98 Å². The highest BCUT2D eigenvalue weighted by atomic mass is 16.6. The number of rotatable bonds is 8. The predicted octanol–water partition coefficient (Wildman–Crippen LogP) is 1.06. The van der Waals surface area contributed by atoms with Gasteiger partial charge in [-0.3, -0.25) is 14.9 Å². The topological polar surface area (TPSA) is 122 Å². The van der Waals surface area contributed by atoms with E-state index in [1.54, 1.807) is 6.92 Å². The summed E-state index contributed by atoms with van der Waals surface area (Å²) in [4.78, 5) is 29.6. The zero-order valence-corrected chi connectivity index (χ0v) is 12.4. The van der Waals surface area contributed by atoms with Crippen LogP contribution >= 0.6 is 0 Å². The van der Waals surface area contributed by atoms with E-state index in [4.69, 9.17) is 0 Å². The molecule has 0 bridgehead atoms. The smallest absolute Gasteiger partial charge is 0.332 e. The first kappa shape index (κ1) is 16.6. The average molecular weight is 296 g/mol. The minimum atomic E-state index is -0.514. The minimum Gasteiger partial charge on any atom is -0.362 e. The van der Waals surface area contributed by atoms with Crippen LogP contribution in [-0.2, 0) is 4.79 Å². The summed E-state index contributed by atoms with van der Waals surface area (Å²) < 4.78 is 0. The van der Waals surface area contributed by atoms with E-state index < -0.39 is 4.92 Å².